The lowest BCUT2D eigenvalue weighted by atomic mass is 9.71. The van der Waals surface area contributed by atoms with Crippen LogP contribution in [0.25, 0.3) is 0 Å². The van der Waals surface area contributed by atoms with E-state index in [1.54, 1.807) is 0 Å². The highest BCUT2D eigenvalue weighted by molar-refractivity contribution is 6.11. The van der Waals surface area contributed by atoms with E-state index in [1.165, 1.54) is 57.8 Å². The summed E-state index contributed by atoms with van der Waals surface area (Å²) in [4.78, 5) is 0. The molecule has 0 spiro atoms. The maximum Gasteiger partial charge on any atom is 0.105 e. The van der Waals surface area contributed by atoms with Crippen LogP contribution in [0, 0.1) is 11.8 Å². The van der Waals surface area contributed by atoms with Gasteiger partial charge in [-0.25, -0.2) is 0 Å². The van der Waals surface area contributed by atoms with Crippen molar-refractivity contribution in [3.05, 3.63) is 0 Å². The molecule has 0 saturated heterocycles. The smallest absolute Gasteiger partial charge is 0.0672 e. The normalized spacial score (nSPS) is 36.5. The first-order chi connectivity index (χ1) is 7.20. The van der Waals surface area contributed by atoms with Crippen LogP contribution in [0.5, 0.6) is 0 Å². The summed E-state index contributed by atoms with van der Waals surface area (Å²) in [5, 5.41) is 0. The standard InChI is InChI=1S/C14H29B/c1-12-8-6-4-3-5-7-9-14(15)13(2)11-10-12/h12-14H,3-11,15H2,1-2H3. The van der Waals surface area contributed by atoms with Gasteiger partial charge < -0.3 is 0 Å². The maximum absolute atomic E-state index is 2.46. The van der Waals surface area contributed by atoms with E-state index in [9.17, 15) is 0 Å². The molecule has 1 aliphatic rings. The van der Waals surface area contributed by atoms with Crippen molar-refractivity contribution in [2.24, 2.45) is 11.8 Å². The van der Waals surface area contributed by atoms with E-state index >= 15 is 0 Å². The third-order valence-electron chi connectivity index (χ3n) is 4.44. The summed E-state index contributed by atoms with van der Waals surface area (Å²) < 4.78 is 0. The van der Waals surface area contributed by atoms with Gasteiger partial charge in [-0.15, -0.1) is 0 Å². The first kappa shape index (κ1) is 13.1. The van der Waals surface area contributed by atoms with Gasteiger partial charge in [0.2, 0.25) is 0 Å². The van der Waals surface area contributed by atoms with Gasteiger partial charge in [-0.1, -0.05) is 77.5 Å². The molecule has 0 amide bonds. The van der Waals surface area contributed by atoms with Crippen LogP contribution in [0.1, 0.15) is 71.6 Å². The molecule has 1 fully saturated rings. The zero-order chi connectivity index (χ0) is 11.1. The van der Waals surface area contributed by atoms with Crippen molar-refractivity contribution in [1.29, 1.82) is 0 Å². The zero-order valence-corrected chi connectivity index (χ0v) is 11.1. The highest BCUT2D eigenvalue weighted by atomic mass is 14.2. The second kappa shape index (κ2) is 7.36. The Morgan fingerprint density at radius 3 is 2.07 bits per heavy atom. The predicted octanol–water partition coefficient (Wildman–Crippen LogP) is 4.20. The largest absolute Gasteiger partial charge is 0.105 e. The molecule has 0 N–H and O–H groups in total. The summed E-state index contributed by atoms with van der Waals surface area (Å²) in [6.07, 6.45) is 13.3. The molecule has 0 aromatic carbocycles. The fraction of sp³-hybridized carbons (Fsp3) is 1.00. The van der Waals surface area contributed by atoms with E-state index < -0.39 is 0 Å². The molecule has 3 unspecified atom stereocenters. The predicted molar refractivity (Wildman–Crippen MR) is 72.2 cm³/mol. The minimum Gasteiger partial charge on any atom is -0.0672 e. The molecule has 0 aliphatic heterocycles. The highest BCUT2D eigenvalue weighted by Crippen LogP contribution is 2.29. The second-order valence-electron chi connectivity index (χ2n) is 5.98. The van der Waals surface area contributed by atoms with Gasteiger partial charge in [-0.05, 0) is 11.8 Å². The maximum atomic E-state index is 2.46. The van der Waals surface area contributed by atoms with Gasteiger partial charge in [-0.2, -0.15) is 0 Å². The molecule has 88 valence electrons. The summed E-state index contributed by atoms with van der Waals surface area (Å²) in [5.41, 5.74) is 0. The Labute approximate surface area is 97.6 Å². The van der Waals surface area contributed by atoms with Crippen molar-refractivity contribution >= 4 is 7.85 Å². The van der Waals surface area contributed by atoms with E-state index in [0.717, 1.165) is 17.7 Å². The lowest BCUT2D eigenvalue weighted by Gasteiger charge is -2.22. The van der Waals surface area contributed by atoms with Crippen LogP contribution in [0.4, 0.5) is 0 Å². The average Bonchev–Trinajstić information content (AvgIpc) is 2.22. The van der Waals surface area contributed by atoms with Gasteiger partial charge in [0.25, 0.3) is 0 Å². The molecule has 0 aromatic rings. The fourth-order valence-corrected chi connectivity index (χ4v) is 2.75. The van der Waals surface area contributed by atoms with E-state index in [-0.39, 0.29) is 0 Å². The molecule has 15 heavy (non-hydrogen) atoms. The molecule has 0 nitrogen and oxygen atoms in total. The van der Waals surface area contributed by atoms with Gasteiger partial charge in [0, 0.05) is 0 Å². The topological polar surface area (TPSA) is 0 Å². The minimum atomic E-state index is 0.951. The Morgan fingerprint density at radius 2 is 1.33 bits per heavy atom. The number of hydrogen-bond donors (Lipinski definition) is 0. The first-order valence-electron chi connectivity index (χ1n) is 7.20. The third kappa shape index (κ3) is 5.63. The molecule has 0 aromatic heterocycles. The van der Waals surface area contributed by atoms with E-state index in [4.69, 9.17) is 0 Å². The average molecular weight is 208 g/mol. The number of rotatable bonds is 0. The van der Waals surface area contributed by atoms with Crippen LogP contribution in [0.3, 0.4) is 0 Å². The van der Waals surface area contributed by atoms with Gasteiger partial charge in [0.15, 0.2) is 0 Å². The first-order valence-corrected chi connectivity index (χ1v) is 7.20. The number of hydrogen-bond acceptors (Lipinski definition) is 0. The minimum absolute atomic E-state index is 0.951. The summed E-state index contributed by atoms with van der Waals surface area (Å²) >= 11 is 0. The van der Waals surface area contributed by atoms with Crippen LogP contribution < -0.4 is 0 Å². The molecule has 1 heteroatoms. The van der Waals surface area contributed by atoms with Gasteiger partial charge in [0.1, 0.15) is 7.85 Å². The monoisotopic (exact) mass is 208 g/mol. The van der Waals surface area contributed by atoms with Crippen LogP contribution in [-0.4, -0.2) is 7.85 Å². The van der Waals surface area contributed by atoms with Crippen LogP contribution >= 0.6 is 0 Å². The Bertz CT molecular complexity index is 155. The van der Waals surface area contributed by atoms with Crippen molar-refractivity contribution in [2.75, 3.05) is 0 Å². The zero-order valence-electron chi connectivity index (χ0n) is 11.1. The van der Waals surface area contributed by atoms with Crippen LogP contribution in [0.2, 0.25) is 5.82 Å². The Morgan fingerprint density at radius 1 is 0.733 bits per heavy atom. The van der Waals surface area contributed by atoms with Gasteiger partial charge in [0.05, 0.1) is 0 Å². The summed E-state index contributed by atoms with van der Waals surface area (Å²) in [6, 6.07) is 0. The molecule has 1 rings (SSSR count). The molecule has 3 atom stereocenters. The third-order valence-corrected chi connectivity index (χ3v) is 4.44. The van der Waals surface area contributed by atoms with E-state index in [2.05, 4.69) is 21.7 Å². The molecule has 0 heterocycles. The molecule has 1 saturated carbocycles. The SMILES string of the molecule is BC1CCCCCCCC(C)CCC1C. The van der Waals surface area contributed by atoms with E-state index in [1.807, 2.05) is 0 Å². The molecule has 0 bridgehead atoms. The Balaban J connectivity index is 2.33. The van der Waals surface area contributed by atoms with Crippen LogP contribution in [0.15, 0.2) is 0 Å². The molecule has 0 radical (unpaired) electrons. The summed E-state index contributed by atoms with van der Waals surface area (Å²) in [6.45, 7) is 4.91. The van der Waals surface area contributed by atoms with Gasteiger partial charge >= 0.3 is 0 Å². The summed E-state index contributed by atoms with van der Waals surface area (Å²) in [7, 11) is 2.46. The Hall–Kier alpha value is 0.0649. The van der Waals surface area contributed by atoms with Crippen molar-refractivity contribution in [3.8, 4) is 0 Å². The highest BCUT2D eigenvalue weighted by Gasteiger charge is 2.14. The van der Waals surface area contributed by atoms with E-state index in [0.29, 0.717) is 0 Å². The van der Waals surface area contributed by atoms with Crippen molar-refractivity contribution in [1.82, 2.24) is 0 Å². The Kier molecular flexibility index (Phi) is 6.44. The molecule has 1 aliphatic carbocycles. The summed E-state index contributed by atoms with van der Waals surface area (Å²) in [5.74, 6) is 2.88. The molecular formula is C14H29B. The molecular weight excluding hydrogens is 179 g/mol. The van der Waals surface area contributed by atoms with Crippen LogP contribution in [-0.2, 0) is 0 Å². The quantitative estimate of drug-likeness (QED) is 0.523. The lowest BCUT2D eigenvalue weighted by molar-refractivity contribution is 0.368. The lowest BCUT2D eigenvalue weighted by Crippen LogP contribution is -2.09. The van der Waals surface area contributed by atoms with Crippen molar-refractivity contribution in [3.63, 3.8) is 0 Å². The fourth-order valence-electron chi connectivity index (χ4n) is 2.75. The van der Waals surface area contributed by atoms with Crippen molar-refractivity contribution in [2.45, 2.75) is 77.5 Å². The second-order valence-corrected chi connectivity index (χ2v) is 5.98. The van der Waals surface area contributed by atoms with Crippen molar-refractivity contribution < 1.29 is 0 Å². The van der Waals surface area contributed by atoms with Gasteiger partial charge in [-0.3, -0.25) is 0 Å².